The summed E-state index contributed by atoms with van der Waals surface area (Å²) in [4.78, 5) is 31.0. The molecule has 0 bridgehead atoms. The number of benzene rings is 2. The van der Waals surface area contributed by atoms with E-state index in [1.165, 1.54) is 16.0 Å². The van der Waals surface area contributed by atoms with Crippen molar-refractivity contribution in [2.75, 3.05) is 5.32 Å². The summed E-state index contributed by atoms with van der Waals surface area (Å²) in [5.41, 5.74) is 1.70. The number of fused-ring (bicyclic) bond motifs is 1. The van der Waals surface area contributed by atoms with Gasteiger partial charge in [0.1, 0.15) is 0 Å². The first kappa shape index (κ1) is 19.3. The van der Waals surface area contributed by atoms with E-state index in [1.54, 1.807) is 36.4 Å². The number of thiazole rings is 1. The molecule has 6 nitrogen and oxygen atoms in total. The highest BCUT2D eigenvalue weighted by Gasteiger charge is 2.18. The second-order valence-corrected chi connectivity index (χ2v) is 8.04. The van der Waals surface area contributed by atoms with E-state index in [2.05, 4.69) is 15.4 Å². The Morgan fingerprint density at radius 1 is 1.14 bits per heavy atom. The molecule has 0 saturated carbocycles. The van der Waals surface area contributed by atoms with E-state index in [9.17, 15) is 9.59 Å². The van der Waals surface area contributed by atoms with E-state index >= 15 is 0 Å². The zero-order valence-corrected chi connectivity index (χ0v) is 17.3. The van der Waals surface area contributed by atoms with Gasteiger partial charge in [-0.05, 0) is 32.0 Å². The number of rotatable bonds is 4. The lowest BCUT2D eigenvalue weighted by Crippen LogP contribution is -2.27. The van der Waals surface area contributed by atoms with Crippen molar-refractivity contribution in [2.24, 2.45) is 0 Å². The van der Waals surface area contributed by atoms with Gasteiger partial charge in [-0.15, -0.1) is 11.3 Å². The van der Waals surface area contributed by atoms with Crippen LogP contribution < -0.4 is 10.9 Å². The average Bonchev–Trinajstić information content (AvgIpc) is 3.09. The molecule has 0 atom stereocenters. The minimum Gasteiger partial charge on any atom is -0.296 e. The number of nitrogens with one attached hydrogen (secondary N) is 1. The normalized spacial score (nSPS) is 11.0. The molecule has 1 N–H and O–H groups in total. The Balaban J connectivity index is 1.71. The van der Waals surface area contributed by atoms with Crippen LogP contribution in [0.4, 0.5) is 5.13 Å². The molecule has 29 heavy (non-hydrogen) atoms. The van der Waals surface area contributed by atoms with Gasteiger partial charge in [-0.2, -0.15) is 5.10 Å². The molecule has 146 valence electrons. The second-order valence-electron chi connectivity index (χ2n) is 6.40. The molecule has 0 radical (unpaired) electrons. The van der Waals surface area contributed by atoms with Gasteiger partial charge in [0.05, 0.1) is 11.1 Å². The van der Waals surface area contributed by atoms with Crippen LogP contribution in [0.1, 0.15) is 22.3 Å². The van der Waals surface area contributed by atoms with Crippen LogP contribution in [0.2, 0.25) is 5.02 Å². The van der Waals surface area contributed by atoms with Crippen molar-refractivity contribution in [2.45, 2.75) is 20.4 Å². The summed E-state index contributed by atoms with van der Waals surface area (Å²) in [6.07, 6.45) is 0. The molecule has 0 fully saturated rings. The molecule has 0 aliphatic heterocycles. The Labute approximate surface area is 175 Å². The zero-order valence-electron chi connectivity index (χ0n) is 15.8. The van der Waals surface area contributed by atoms with Gasteiger partial charge >= 0.3 is 0 Å². The predicted octanol–water partition coefficient (Wildman–Crippen LogP) is 4.75. The molecular weight excluding hydrogens is 408 g/mol. The molecule has 2 heterocycles. The highest BCUT2D eigenvalue weighted by molar-refractivity contribution is 7.16. The summed E-state index contributed by atoms with van der Waals surface area (Å²) < 4.78 is 1.30. The number of aryl methyl sites for hydroxylation is 2. The SMILES string of the molecule is CCn1nc(C(=O)Nc2nc(-c3ccc(Cl)cc3)c(C)s2)c2ccccc2c1=O. The van der Waals surface area contributed by atoms with Crippen molar-refractivity contribution in [3.05, 3.63) is 74.5 Å². The van der Waals surface area contributed by atoms with Gasteiger partial charge < -0.3 is 0 Å². The molecular formula is C21H17ClN4O2S. The molecule has 0 saturated heterocycles. The van der Waals surface area contributed by atoms with Crippen LogP contribution in [0.25, 0.3) is 22.0 Å². The van der Waals surface area contributed by atoms with E-state index in [-0.39, 0.29) is 11.3 Å². The van der Waals surface area contributed by atoms with Gasteiger partial charge in [-0.3, -0.25) is 14.9 Å². The van der Waals surface area contributed by atoms with Gasteiger partial charge in [0.2, 0.25) is 0 Å². The molecule has 0 aliphatic rings. The predicted molar refractivity (Wildman–Crippen MR) is 117 cm³/mol. The lowest BCUT2D eigenvalue weighted by Gasteiger charge is -2.09. The van der Waals surface area contributed by atoms with Crippen LogP contribution in [0.3, 0.4) is 0 Å². The topological polar surface area (TPSA) is 76.9 Å². The number of halogens is 1. The van der Waals surface area contributed by atoms with E-state index < -0.39 is 5.91 Å². The molecule has 2 aromatic heterocycles. The highest BCUT2D eigenvalue weighted by atomic mass is 35.5. The summed E-state index contributed by atoms with van der Waals surface area (Å²) >= 11 is 7.34. The Morgan fingerprint density at radius 3 is 2.52 bits per heavy atom. The molecule has 0 spiro atoms. The van der Waals surface area contributed by atoms with Gasteiger partial charge in [0, 0.05) is 27.4 Å². The summed E-state index contributed by atoms with van der Waals surface area (Å²) in [5, 5.41) is 9.20. The highest BCUT2D eigenvalue weighted by Crippen LogP contribution is 2.31. The van der Waals surface area contributed by atoms with E-state index in [4.69, 9.17) is 11.6 Å². The fraction of sp³-hybridized carbons (Fsp3) is 0.143. The molecule has 4 rings (SSSR count). The maximum absolute atomic E-state index is 13.0. The first-order valence-corrected chi connectivity index (χ1v) is 10.2. The van der Waals surface area contributed by atoms with Crippen LogP contribution in [0.5, 0.6) is 0 Å². The summed E-state index contributed by atoms with van der Waals surface area (Å²) in [5.74, 6) is -0.403. The monoisotopic (exact) mass is 424 g/mol. The number of nitrogens with zero attached hydrogens (tertiary/aromatic N) is 3. The fourth-order valence-corrected chi connectivity index (χ4v) is 4.06. The number of hydrogen-bond acceptors (Lipinski definition) is 5. The summed E-state index contributed by atoms with van der Waals surface area (Å²) in [6.45, 7) is 4.14. The third-order valence-corrected chi connectivity index (χ3v) is 5.66. The zero-order chi connectivity index (χ0) is 20.5. The number of carbonyl (C=O) groups excluding carboxylic acids is 1. The minimum atomic E-state index is -0.403. The summed E-state index contributed by atoms with van der Waals surface area (Å²) in [7, 11) is 0. The number of aromatic nitrogens is 3. The van der Waals surface area contributed by atoms with Gasteiger partial charge in [0.15, 0.2) is 10.8 Å². The third-order valence-electron chi connectivity index (χ3n) is 4.52. The Hall–Kier alpha value is -3.03. The van der Waals surface area contributed by atoms with Gasteiger partial charge in [0.25, 0.3) is 11.5 Å². The first-order valence-electron chi connectivity index (χ1n) is 9.02. The van der Waals surface area contributed by atoms with E-state index in [0.29, 0.717) is 27.5 Å². The molecule has 4 aromatic rings. The molecule has 0 unspecified atom stereocenters. The molecule has 8 heteroatoms. The van der Waals surface area contributed by atoms with E-state index in [0.717, 1.165) is 16.1 Å². The molecule has 0 aliphatic carbocycles. The number of carbonyl (C=O) groups is 1. The lowest BCUT2D eigenvalue weighted by atomic mass is 10.1. The van der Waals surface area contributed by atoms with Gasteiger partial charge in [-0.1, -0.05) is 41.9 Å². The van der Waals surface area contributed by atoms with Crippen molar-refractivity contribution in [1.82, 2.24) is 14.8 Å². The molecule has 2 aromatic carbocycles. The number of amides is 1. The van der Waals surface area contributed by atoms with Crippen LogP contribution in [-0.4, -0.2) is 20.7 Å². The maximum Gasteiger partial charge on any atom is 0.278 e. The van der Waals surface area contributed by atoms with Crippen molar-refractivity contribution >= 4 is 44.7 Å². The lowest BCUT2D eigenvalue weighted by molar-refractivity contribution is 0.102. The quantitative estimate of drug-likeness (QED) is 0.512. The third kappa shape index (κ3) is 3.66. The largest absolute Gasteiger partial charge is 0.296 e. The minimum absolute atomic E-state index is 0.197. The standard InChI is InChI=1S/C21H17ClN4O2S/c1-3-26-20(28)16-7-5-4-6-15(16)18(25-26)19(27)24-21-23-17(12(2)29-21)13-8-10-14(22)11-9-13/h4-11H,3H2,1-2H3,(H,23,24,27). The second kappa shape index (κ2) is 7.77. The number of hydrogen-bond donors (Lipinski definition) is 1. The summed E-state index contributed by atoms with van der Waals surface area (Å²) in [6, 6.07) is 14.4. The van der Waals surface area contributed by atoms with Crippen LogP contribution in [0.15, 0.2) is 53.3 Å². The maximum atomic E-state index is 13.0. The van der Waals surface area contributed by atoms with Crippen molar-refractivity contribution in [3.63, 3.8) is 0 Å². The van der Waals surface area contributed by atoms with E-state index in [1.807, 2.05) is 26.0 Å². The first-order chi connectivity index (χ1) is 14.0. The van der Waals surface area contributed by atoms with Crippen molar-refractivity contribution < 1.29 is 4.79 Å². The number of anilines is 1. The van der Waals surface area contributed by atoms with Crippen LogP contribution in [0, 0.1) is 6.92 Å². The Morgan fingerprint density at radius 2 is 1.83 bits per heavy atom. The van der Waals surface area contributed by atoms with Crippen molar-refractivity contribution in [1.29, 1.82) is 0 Å². The Kier molecular flexibility index (Phi) is 5.17. The van der Waals surface area contributed by atoms with Gasteiger partial charge in [-0.25, -0.2) is 9.67 Å². The van der Waals surface area contributed by atoms with Crippen LogP contribution in [-0.2, 0) is 6.54 Å². The Bertz CT molecular complexity index is 1280. The average molecular weight is 425 g/mol. The fourth-order valence-electron chi connectivity index (χ4n) is 3.10. The van der Waals surface area contributed by atoms with Crippen LogP contribution >= 0.6 is 22.9 Å². The molecule has 1 amide bonds. The van der Waals surface area contributed by atoms with Crippen molar-refractivity contribution in [3.8, 4) is 11.3 Å². The smallest absolute Gasteiger partial charge is 0.278 e.